The van der Waals surface area contributed by atoms with Gasteiger partial charge in [-0.2, -0.15) is 0 Å². The number of carbonyl (C=O) groups is 1. The molecule has 100 valence electrons. The SMILES string of the molecule is Cc1cc(C=O)cc(C)c1OCCc1nccn1C. The quantitative estimate of drug-likeness (QED) is 0.774. The van der Waals surface area contributed by atoms with Crippen LogP contribution in [0.1, 0.15) is 27.3 Å². The second kappa shape index (κ2) is 5.69. The third-order valence-corrected chi connectivity index (χ3v) is 3.11. The van der Waals surface area contributed by atoms with E-state index in [4.69, 9.17) is 4.74 Å². The summed E-state index contributed by atoms with van der Waals surface area (Å²) in [5.41, 5.74) is 2.66. The third kappa shape index (κ3) is 3.02. The standard InChI is InChI=1S/C15H18N2O2/c1-11-8-13(10-18)9-12(2)15(11)19-7-4-14-16-5-6-17(14)3/h5-6,8-10H,4,7H2,1-3H3. The molecule has 0 radical (unpaired) electrons. The van der Waals surface area contributed by atoms with Gasteiger partial charge in [0.05, 0.1) is 6.61 Å². The molecule has 0 unspecified atom stereocenters. The normalized spacial score (nSPS) is 10.5. The molecule has 4 heteroatoms. The van der Waals surface area contributed by atoms with Crippen molar-refractivity contribution in [2.45, 2.75) is 20.3 Å². The fourth-order valence-corrected chi connectivity index (χ4v) is 2.16. The lowest BCUT2D eigenvalue weighted by Gasteiger charge is -2.12. The number of imidazole rings is 1. The molecular weight excluding hydrogens is 240 g/mol. The number of hydrogen-bond donors (Lipinski definition) is 0. The van der Waals surface area contributed by atoms with Gasteiger partial charge in [-0.15, -0.1) is 0 Å². The van der Waals surface area contributed by atoms with Crippen molar-refractivity contribution in [1.82, 2.24) is 9.55 Å². The van der Waals surface area contributed by atoms with Crippen molar-refractivity contribution in [2.75, 3.05) is 6.61 Å². The summed E-state index contributed by atoms with van der Waals surface area (Å²) in [7, 11) is 1.97. The van der Waals surface area contributed by atoms with Gasteiger partial charge in [-0.3, -0.25) is 4.79 Å². The van der Waals surface area contributed by atoms with Crippen molar-refractivity contribution in [2.24, 2.45) is 7.05 Å². The topological polar surface area (TPSA) is 44.1 Å². The van der Waals surface area contributed by atoms with Gasteiger partial charge in [0.25, 0.3) is 0 Å². The average molecular weight is 258 g/mol. The van der Waals surface area contributed by atoms with Gasteiger partial charge >= 0.3 is 0 Å². The number of benzene rings is 1. The molecule has 0 saturated carbocycles. The highest BCUT2D eigenvalue weighted by Crippen LogP contribution is 2.24. The van der Waals surface area contributed by atoms with E-state index < -0.39 is 0 Å². The highest BCUT2D eigenvalue weighted by Gasteiger charge is 2.07. The van der Waals surface area contributed by atoms with Crippen LogP contribution in [-0.4, -0.2) is 22.4 Å². The minimum Gasteiger partial charge on any atom is -0.493 e. The molecule has 4 nitrogen and oxygen atoms in total. The lowest BCUT2D eigenvalue weighted by atomic mass is 10.1. The Morgan fingerprint density at radius 2 is 2.00 bits per heavy atom. The Morgan fingerprint density at radius 1 is 1.32 bits per heavy atom. The Morgan fingerprint density at radius 3 is 2.53 bits per heavy atom. The zero-order valence-electron chi connectivity index (χ0n) is 11.5. The first-order valence-corrected chi connectivity index (χ1v) is 6.27. The smallest absolute Gasteiger partial charge is 0.150 e. The summed E-state index contributed by atoms with van der Waals surface area (Å²) >= 11 is 0. The molecule has 1 heterocycles. The molecule has 0 N–H and O–H groups in total. The molecule has 2 aromatic rings. The van der Waals surface area contributed by atoms with Crippen LogP contribution in [0.3, 0.4) is 0 Å². The molecule has 0 spiro atoms. The molecule has 2 rings (SSSR count). The van der Waals surface area contributed by atoms with E-state index in [1.807, 2.05) is 43.8 Å². The van der Waals surface area contributed by atoms with Crippen LogP contribution in [0, 0.1) is 13.8 Å². The van der Waals surface area contributed by atoms with Crippen LogP contribution in [0.2, 0.25) is 0 Å². The number of aromatic nitrogens is 2. The number of rotatable bonds is 5. The molecule has 0 aliphatic heterocycles. The van der Waals surface area contributed by atoms with Crippen LogP contribution in [-0.2, 0) is 13.5 Å². The zero-order chi connectivity index (χ0) is 13.8. The highest BCUT2D eigenvalue weighted by atomic mass is 16.5. The number of carbonyl (C=O) groups excluding carboxylic acids is 1. The van der Waals surface area contributed by atoms with Crippen molar-refractivity contribution >= 4 is 6.29 Å². The molecule has 0 fully saturated rings. The fourth-order valence-electron chi connectivity index (χ4n) is 2.16. The predicted octanol–water partition coefficient (Wildman–Crippen LogP) is 2.47. The first-order valence-electron chi connectivity index (χ1n) is 6.27. The van der Waals surface area contributed by atoms with E-state index >= 15 is 0 Å². The second-order valence-electron chi connectivity index (χ2n) is 4.65. The summed E-state index contributed by atoms with van der Waals surface area (Å²) < 4.78 is 7.81. The van der Waals surface area contributed by atoms with E-state index in [0.717, 1.165) is 35.4 Å². The Hall–Kier alpha value is -2.10. The van der Waals surface area contributed by atoms with Crippen molar-refractivity contribution in [3.05, 3.63) is 47.0 Å². The summed E-state index contributed by atoms with van der Waals surface area (Å²) in [6.07, 6.45) is 5.32. The van der Waals surface area contributed by atoms with E-state index in [1.54, 1.807) is 6.20 Å². The monoisotopic (exact) mass is 258 g/mol. The number of aryl methyl sites for hydroxylation is 3. The first-order chi connectivity index (χ1) is 9.11. The minimum atomic E-state index is 0.576. The maximum absolute atomic E-state index is 10.8. The number of nitrogens with zero attached hydrogens (tertiary/aromatic N) is 2. The zero-order valence-corrected chi connectivity index (χ0v) is 11.5. The van der Waals surface area contributed by atoms with E-state index in [-0.39, 0.29) is 0 Å². The number of hydrogen-bond acceptors (Lipinski definition) is 3. The maximum Gasteiger partial charge on any atom is 0.150 e. The van der Waals surface area contributed by atoms with Gasteiger partial charge in [-0.1, -0.05) is 0 Å². The molecular formula is C15H18N2O2. The van der Waals surface area contributed by atoms with Gasteiger partial charge in [0.2, 0.25) is 0 Å². The lowest BCUT2D eigenvalue weighted by molar-refractivity contribution is 0.112. The van der Waals surface area contributed by atoms with Crippen molar-refractivity contribution < 1.29 is 9.53 Å². The van der Waals surface area contributed by atoms with Crippen LogP contribution in [0.15, 0.2) is 24.5 Å². The van der Waals surface area contributed by atoms with Gasteiger partial charge in [-0.05, 0) is 37.1 Å². The molecule has 1 aromatic heterocycles. The Kier molecular flexibility index (Phi) is 4.00. The van der Waals surface area contributed by atoms with Crippen LogP contribution in [0.25, 0.3) is 0 Å². The average Bonchev–Trinajstić information content (AvgIpc) is 2.78. The lowest BCUT2D eigenvalue weighted by Crippen LogP contribution is -2.07. The minimum absolute atomic E-state index is 0.576. The number of ether oxygens (including phenoxy) is 1. The van der Waals surface area contributed by atoms with Crippen molar-refractivity contribution in [3.63, 3.8) is 0 Å². The van der Waals surface area contributed by atoms with Gasteiger partial charge in [0.1, 0.15) is 17.9 Å². The largest absolute Gasteiger partial charge is 0.493 e. The maximum atomic E-state index is 10.8. The van der Waals surface area contributed by atoms with Crippen molar-refractivity contribution in [1.29, 1.82) is 0 Å². The molecule has 0 amide bonds. The van der Waals surface area contributed by atoms with Crippen LogP contribution in [0.5, 0.6) is 5.75 Å². The molecule has 19 heavy (non-hydrogen) atoms. The second-order valence-corrected chi connectivity index (χ2v) is 4.65. The van der Waals surface area contributed by atoms with Gasteiger partial charge in [0, 0.05) is 31.4 Å². The summed E-state index contributed by atoms with van der Waals surface area (Å²) in [5, 5.41) is 0. The summed E-state index contributed by atoms with van der Waals surface area (Å²) in [6.45, 7) is 4.49. The van der Waals surface area contributed by atoms with Crippen molar-refractivity contribution in [3.8, 4) is 5.75 Å². The van der Waals surface area contributed by atoms with Crippen LogP contribution in [0.4, 0.5) is 0 Å². The summed E-state index contributed by atoms with van der Waals surface area (Å²) in [4.78, 5) is 15.0. The van der Waals surface area contributed by atoms with Crippen LogP contribution < -0.4 is 4.74 Å². The summed E-state index contributed by atoms with van der Waals surface area (Å²) in [5.74, 6) is 1.86. The first kappa shape index (κ1) is 13.3. The molecule has 1 aromatic carbocycles. The fraction of sp³-hybridized carbons (Fsp3) is 0.333. The van der Waals surface area contributed by atoms with Gasteiger partial charge < -0.3 is 9.30 Å². The molecule has 0 saturated heterocycles. The van der Waals surface area contributed by atoms with E-state index in [9.17, 15) is 4.79 Å². The van der Waals surface area contributed by atoms with E-state index in [1.165, 1.54) is 0 Å². The van der Waals surface area contributed by atoms with Crippen LogP contribution >= 0.6 is 0 Å². The third-order valence-electron chi connectivity index (χ3n) is 3.11. The van der Waals surface area contributed by atoms with Gasteiger partial charge in [-0.25, -0.2) is 4.98 Å². The Bertz CT molecular complexity index is 565. The van der Waals surface area contributed by atoms with E-state index in [0.29, 0.717) is 12.2 Å². The van der Waals surface area contributed by atoms with Gasteiger partial charge in [0.15, 0.2) is 0 Å². The molecule has 0 bridgehead atoms. The molecule has 0 aliphatic rings. The predicted molar refractivity (Wildman–Crippen MR) is 73.7 cm³/mol. The summed E-state index contributed by atoms with van der Waals surface area (Å²) in [6, 6.07) is 3.69. The highest BCUT2D eigenvalue weighted by molar-refractivity contribution is 5.76. The number of aldehydes is 1. The Balaban J connectivity index is 2.04. The molecule has 0 aliphatic carbocycles. The van der Waals surface area contributed by atoms with E-state index in [2.05, 4.69) is 4.98 Å². The molecule has 0 atom stereocenters. The Labute approximate surface area is 113 Å².